The third kappa shape index (κ3) is 2.87. The van der Waals surface area contributed by atoms with E-state index in [1.165, 1.54) is 18.4 Å². The van der Waals surface area contributed by atoms with Crippen LogP contribution in [0.1, 0.15) is 28.3 Å². The van der Waals surface area contributed by atoms with E-state index < -0.39 is 5.97 Å². The monoisotopic (exact) mass is 335 g/mol. The number of esters is 1. The van der Waals surface area contributed by atoms with E-state index >= 15 is 0 Å². The van der Waals surface area contributed by atoms with Gasteiger partial charge in [-0.2, -0.15) is 0 Å². The molecule has 0 aliphatic heterocycles. The Morgan fingerprint density at radius 2 is 2.09 bits per heavy atom. The van der Waals surface area contributed by atoms with Gasteiger partial charge in [0, 0.05) is 10.9 Å². The van der Waals surface area contributed by atoms with Crippen molar-refractivity contribution in [3.05, 3.63) is 51.9 Å². The van der Waals surface area contributed by atoms with Crippen molar-refractivity contribution in [3.8, 4) is 0 Å². The fourth-order valence-electron chi connectivity index (χ4n) is 2.49. The van der Waals surface area contributed by atoms with Gasteiger partial charge in [0.15, 0.2) is 0 Å². The number of carbonyl (C=O) groups excluding carboxylic acids is 2. The van der Waals surface area contributed by atoms with E-state index in [4.69, 9.17) is 16.3 Å². The molecule has 1 saturated carbocycles. The number of methoxy groups -OCH3 is 1. The summed E-state index contributed by atoms with van der Waals surface area (Å²) in [5, 5.41) is 5.79. The first kappa shape index (κ1) is 15.1. The van der Waals surface area contributed by atoms with Crippen LogP contribution in [-0.2, 0) is 9.53 Å². The van der Waals surface area contributed by atoms with Crippen molar-refractivity contribution in [2.75, 3.05) is 12.4 Å². The van der Waals surface area contributed by atoms with Gasteiger partial charge in [-0.15, -0.1) is 11.3 Å². The lowest BCUT2D eigenvalue weighted by Gasteiger charge is -2.06. The molecular formula is C16H14ClNO3S. The number of halogens is 1. The van der Waals surface area contributed by atoms with Crippen LogP contribution in [0.15, 0.2) is 35.7 Å². The third-order valence-corrected chi connectivity index (χ3v) is 4.91. The van der Waals surface area contributed by atoms with Crippen LogP contribution in [0.3, 0.4) is 0 Å². The summed E-state index contributed by atoms with van der Waals surface area (Å²) >= 11 is 7.47. The van der Waals surface area contributed by atoms with Crippen LogP contribution in [0.4, 0.5) is 5.00 Å². The van der Waals surface area contributed by atoms with Gasteiger partial charge in [-0.1, -0.05) is 29.8 Å². The van der Waals surface area contributed by atoms with Crippen molar-refractivity contribution < 1.29 is 14.3 Å². The van der Waals surface area contributed by atoms with E-state index in [-0.39, 0.29) is 17.7 Å². The van der Waals surface area contributed by atoms with Gasteiger partial charge in [-0.3, -0.25) is 4.79 Å². The first-order valence-electron chi connectivity index (χ1n) is 6.83. The summed E-state index contributed by atoms with van der Waals surface area (Å²) in [5.41, 5.74) is 1.39. The molecule has 0 bridgehead atoms. The number of carbonyl (C=O) groups is 2. The quantitative estimate of drug-likeness (QED) is 0.861. The van der Waals surface area contributed by atoms with Gasteiger partial charge in [-0.05, 0) is 35.4 Å². The molecule has 1 N–H and O–H groups in total. The second-order valence-corrected chi connectivity index (χ2v) is 6.44. The summed E-state index contributed by atoms with van der Waals surface area (Å²) in [5.74, 6) is -0.491. The van der Waals surface area contributed by atoms with E-state index in [0.29, 0.717) is 15.6 Å². The Hall–Kier alpha value is -1.85. The molecule has 1 fully saturated rings. The van der Waals surface area contributed by atoms with E-state index in [2.05, 4.69) is 5.32 Å². The minimum Gasteiger partial charge on any atom is -0.465 e. The Bertz CT molecular complexity index is 728. The van der Waals surface area contributed by atoms with Crippen molar-refractivity contribution in [1.82, 2.24) is 0 Å². The number of anilines is 1. The first-order chi connectivity index (χ1) is 10.6. The maximum absolute atomic E-state index is 12.3. The summed E-state index contributed by atoms with van der Waals surface area (Å²) in [6.45, 7) is 0. The highest BCUT2D eigenvalue weighted by molar-refractivity contribution is 7.14. The zero-order chi connectivity index (χ0) is 15.7. The smallest absolute Gasteiger partial charge is 0.340 e. The molecule has 2 unspecified atom stereocenters. The summed E-state index contributed by atoms with van der Waals surface area (Å²) in [6, 6.07) is 9.22. The number of benzene rings is 1. The fraction of sp³-hybridized carbons (Fsp3) is 0.250. The van der Waals surface area contributed by atoms with Crippen LogP contribution >= 0.6 is 22.9 Å². The molecular weight excluding hydrogens is 322 g/mol. The Kier molecular flexibility index (Phi) is 4.18. The average molecular weight is 336 g/mol. The minimum atomic E-state index is -0.449. The number of rotatable bonds is 4. The molecule has 0 spiro atoms. The SMILES string of the molecule is COC(=O)c1ccsc1NC(=O)C1CC1c1ccccc1Cl. The predicted octanol–water partition coefficient (Wildman–Crippen LogP) is 3.93. The lowest BCUT2D eigenvalue weighted by Crippen LogP contribution is -2.16. The topological polar surface area (TPSA) is 55.4 Å². The molecule has 1 aliphatic carbocycles. The second-order valence-electron chi connectivity index (χ2n) is 5.11. The molecule has 0 radical (unpaired) electrons. The predicted molar refractivity (Wildman–Crippen MR) is 86.6 cm³/mol. The normalized spacial score (nSPS) is 19.5. The maximum atomic E-state index is 12.3. The van der Waals surface area contributed by atoms with Gasteiger partial charge < -0.3 is 10.1 Å². The molecule has 2 aromatic rings. The van der Waals surface area contributed by atoms with Crippen molar-refractivity contribution in [3.63, 3.8) is 0 Å². The number of amides is 1. The number of thiophene rings is 1. The molecule has 1 amide bonds. The van der Waals surface area contributed by atoms with Crippen molar-refractivity contribution in [1.29, 1.82) is 0 Å². The third-order valence-electron chi connectivity index (χ3n) is 3.74. The van der Waals surface area contributed by atoms with Gasteiger partial charge >= 0.3 is 5.97 Å². The standard InChI is InChI=1S/C16H14ClNO3S/c1-21-16(20)10-6-7-22-15(10)18-14(19)12-8-11(12)9-4-2-3-5-13(9)17/h2-7,11-12H,8H2,1H3,(H,18,19). The Balaban J connectivity index is 1.69. The molecule has 4 nitrogen and oxygen atoms in total. The highest BCUT2D eigenvalue weighted by atomic mass is 35.5. The second kappa shape index (κ2) is 6.10. The lowest BCUT2D eigenvalue weighted by molar-refractivity contribution is -0.117. The molecule has 3 rings (SSSR count). The first-order valence-corrected chi connectivity index (χ1v) is 8.08. The van der Waals surface area contributed by atoms with Crippen LogP contribution in [0.2, 0.25) is 5.02 Å². The zero-order valence-corrected chi connectivity index (χ0v) is 13.4. The fourth-order valence-corrected chi connectivity index (χ4v) is 3.54. The largest absolute Gasteiger partial charge is 0.465 e. The van der Waals surface area contributed by atoms with Gasteiger partial charge in [0.2, 0.25) is 5.91 Å². The number of hydrogen-bond donors (Lipinski definition) is 1. The average Bonchev–Trinajstić information content (AvgIpc) is 3.19. The van der Waals surface area contributed by atoms with Crippen molar-refractivity contribution >= 4 is 39.8 Å². The summed E-state index contributed by atoms with van der Waals surface area (Å²) < 4.78 is 4.70. The van der Waals surface area contributed by atoms with E-state index in [1.807, 2.05) is 24.3 Å². The van der Waals surface area contributed by atoms with Crippen LogP contribution < -0.4 is 5.32 Å². The summed E-state index contributed by atoms with van der Waals surface area (Å²) in [7, 11) is 1.32. The highest BCUT2D eigenvalue weighted by Gasteiger charge is 2.45. The summed E-state index contributed by atoms with van der Waals surface area (Å²) in [6.07, 6.45) is 0.772. The highest BCUT2D eigenvalue weighted by Crippen LogP contribution is 2.50. The lowest BCUT2D eigenvalue weighted by atomic mass is 10.1. The number of nitrogens with one attached hydrogen (secondary N) is 1. The molecule has 1 heterocycles. The van der Waals surface area contributed by atoms with Crippen molar-refractivity contribution in [2.24, 2.45) is 5.92 Å². The van der Waals surface area contributed by atoms with Crippen LogP contribution in [-0.4, -0.2) is 19.0 Å². The van der Waals surface area contributed by atoms with Crippen molar-refractivity contribution in [2.45, 2.75) is 12.3 Å². The number of ether oxygens (including phenoxy) is 1. The van der Waals surface area contributed by atoms with Crippen LogP contribution in [0.25, 0.3) is 0 Å². The molecule has 2 atom stereocenters. The van der Waals surface area contributed by atoms with Crippen LogP contribution in [0, 0.1) is 5.92 Å². The molecule has 1 aromatic heterocycles. The molecule has 1 aliphatic rings. The van der Waals surface area contributed by atoms with E-state index in [1.54, 1.807) is 11.4 Å². The van der Waals surface area contributed by atoms with E-state index in [9.17, 15) is 9.59 Å². The number of hydrogen-bond acceptors (Lipinski definition) is 4. The van der Waals surface area contributed by atoms with Crippen LogP contribution in [0.5, 0.6) is 0 Å². The van der Waals surface area contributed by atoms with Gasteiger partial charge in [0.1, 0.15) is 5.00 Å². The Morgan fingerprint density at radius 3 is 2.82 bits per heavy atom. The Morgan fingerprint density at radius 1 is 1.32 bits per heavy atom. The van der Waals surface area contributed by atoms with Gasteiger partial charge in [0.05, 0.1) is 12.7 Å². The van der Waals surface area contributed by atoms with E-state index in [0.717, 1.165) is 12.0 Å². The molecule has 0 saturated heterocycles. The molecule has 6 heteroatoms. The maximum Gasteiger partial charge on any atom is 0.340 e. The summed E-state index contributed by atoms with van der Waals surface area (Å²) in [4.78, 5) is 23.9. The molecule has 114 valence electrons. The zero-order valence-electron chi connectivity index (χ0n) is 11.8. The Labute approximate surface area is 137 Å². The minimum absolute atomic E-state index is 0.0856. The molecule has 1 aromatic carbocycles. The molecule has 22 heavy (non-hydrogen) atoms. The van der Waals surface area contributed by atoms with Gasteiger partial charge in [-0.25, -0.2) is 4.79 Å². The van der Waals surface area contributed by atoms with Gasteiger partial charge in [0.25, 0.3) is 0 Å².